The number of hydrogen-bond acceptors (Lipinski definition) is 5. The Bertz CT molecular complexity index is 1030. The van der Waals surface area contributed by atoms with Gasteiger partial charge in [-0.25, -0.2) is 14.3 Å². The van der Waals surface area contributed by atoms with Crippen molar-refractivity contribution in [3.05, 3.63) is 54.1 Å². The summed E-state index contributed by atoms with van der Waals surface area (Å²) in [7, 11) is 1.28. The Kier molecular flexibility index (Phi) is 8.66. The molecule has 0 spiro atoms. The number of methoxy groups -OCH3 is 1. The molecule has 0 aliphatic rings. The van der Waals surface area contributed by atoms with Crippen molar-refractivity contribution in [2.45, 2.75) is 58.3 Å². The fraction of sp³-hybridized carbons (Fsp3) is 0.400. The number of carbonyl (C=O) groups excluding carboxylic acids is 1. The molecule has 0 radical (unpaired) electrons. The molecule has 32 heavy (non-hydrogen) atoms. The lowest BCUT2D eigenvalue weighted by Gasteiger charge is -2.12. The van der Waals surface area contributed by atoms with E-state index in [1.165, 1.54) is 62.2 Å². The molecule has 0 aliphatic carbocycles. The molecule has 170 valence electrons. The molecule has 0 saturated carbocycles. The molecule has 3 rings (SSSR count). The number of anilines is 1. The number of benzene rings is 2. The summed E-state index contributed by atoms with van der Waals surface area (Å²) in [6.45, 7) is 2.24. The Morgan fingerprint density at radius 3 is 2.41 bits per heavy atom. The maximum Gasteiger partial charge on any atom is 0.413 e. The molecule has 1 heterocycles. The van der Waals surface area contributed by atoms with Crippen LogP contribution >= 0.6 is 0 Å². The van der Waals surface area contributed by atoms with E-state index in [1.807, 2.05) is 42.5 Å². The number of nitrogens with zero attached hydrogens (tertiary/aromatic N) is 2. The van der Waals surface area contributed by atoms with Crippen molar-refractivity contribution in [2.24, 2.45) is 0 Å². The van der Waals surface area contributed by atoms with Crippen molar-refractivity contribution >= 4 is 29.1 Å². The van der Waals surface area contributed by atoms with Crippen LogP contribution in [0.3, 0.4) is 0 Å². The highest BCUT2D eigenvalue weighted by Gasteiger charge is 2.18. The Labute approximate surface area is 189 Å². The van der Waals surface area contributed by atoms with Crippen LogP contribution in [0, 0.1) is 5.41 Å². The second-order valence-electron chi connectivity index (χ2n) is 7.80. The van der Waals surface area contributed by atoms with Crippen molar-refractivity contribution in [1.82, 2.24) is 9.55 Å². The summed E-state index contributed by atoms with van der Waals surface area (Å²) in [6, 6.07) is 15.0. The molecule has 0 fully saturated rings. The van der Waals surface area contributed by atoms with Crippen molar-refractivity contribution in [2.75, 3.05) is 12.4 Å². The fourth-order valence-electron chi connectivity index (χ4n) is 3.63. The Hall–Kier alpha value is -3.35. The zero-order valence-electron chi connectivity index (χ0n) is 18.9. The predicted octanol–water partition coefficient (Wildman–Crippen LogP) is 6.37. The molecule has 1 aromatic heterocycles. The van der Waals surface area contributed by atoms with Crippen LogP contribution in [-0.4, -0.2) is 28.8 Å². The number of rotatable bonds is 10. The average molecular weight is 437 g/mol. The smallest absolute Gasteiger partial charge is 0.413 e. The second-order valence-corrected chi connectivity index (χ2v) is 7.80. The molecule has 0 bridgehead atoms. The summed E-state index contributed by atoms with van der Waals surface area (Å²) in [5.41, 5.74) is 2.55. The summed E-state index contributed by atoms with van der Waals surface area (Å²) >= 11 is 0. The van der Waals surface area contributed by atoms with Crippen LogP contribution in [0.25, 0.3) is 11.0 Å². The number of para-hydroxylation sites is 2. The van der Waals surface area contributed by atoms with Gasteiger partial charge in [0.25, 0.3) is 0 Å². The lowest BCUT2D eigenvalue weighted by molar-refractivity contribution is 0.186. The third-order valence-electron chi connectivity index (χ3n) is 5.37. The second kappa shape index (κ2) is 11.9. The minimum atomic E-state index is -0.663. The summed E-state index contributed by atoms with van der Waals surface area (Å²) < 4.78 is 11.9. The number of carbonyl (C=O) groups is 1. The van der Waals surface area contributed by atoms with Crippen LogP contribution in [0.4, 0.5) is 10.7 Å². The van der Waals surface area contributed by atoms with Crippen LogP contribution in [0.15, 0.2) is 48.5 Å². The van der Waals surface area contributed by atoms with Gasteiger partial charge in [0.05, 0.1) is 18.1 Å². The number of amides is 1. The number of hydrogen-bond donors (Lipinski definition) is 2. The molecular weight excluding hydrogens is 404 g/mol. The van der Waals surface area contributed by atoms with Gasteiger partial charge in [-0.1, -0.05) is 69.7 Å². The predicted molar refractivity (Wildman–Crippen MR) is 128 cm³/mol. The van der Waals surface area contributed by atoms with Crippen LogP contribution < -0.4 is 10.1 Å². The van der Waals surface area contributed by atoms with E-state index in [-0.39, 0.29) is 12.0 Å². The van der Waals surface area contributed by atoms with Gasteiger partial charge in [-0.15, -0.1) is 0 Å². The molecule has 7 heteroatoms. The van der Waals surface area contributed by atoms with Gasteiger partial charge >= 0.3 is 12.1 Å². The molecule has 0 saturated heterocycles. The number of fused-ring (bicyclic) bond motifs is 1. The number of aryl methyl sites for hydroxylation is 1. The van der Waals surface area contributed by atoms with E-state index in [0.717, 1.165) is 6.42 Å². The fourth-order valence-corrected chi connectivity index (χ4v) is 3.63. The first-order valence-electron chi connectivity index (χ1n) is 11.3. The van der Waals surface area contributed by atoms with Crippen molar-refractivity contribution < 1.29 is 14.3 Å². The summed E-state index contributed by atoms with van der Waals surface area (Å²) in [4.78, 5) is 16.1. The van der Waals surface area contributed by atoms with Gasteiger partial charge in [0, 0.05) is 0 Å². The SMILES string of the molecule is CCCCCCCCCc1ccc(OC(=N)n2c(NC(=O)OC)nc3ccccc32)cc1. The number of imidazole rings is 1. The first kappa shape index (κ1) is 23.3. The summed E-state index contributed by atoms with van der Waals surface area (Å²) in [6.07, 6.45) is 9.43. The quantitative estimate of drug-likeness (QED) is 0.219. The highest BCUT2D eigenvalue weighted by molar-refractivity contribution is 5.95. The third kappa shape index (κ3) is 6.33. The minimum Gasteiger partial charge on any atom is -0.453 e. The van der Waals surface area contributed by atoms with Gasteiger partial charge in [0.2, 0.25) is 5.95 Å². The molecule has 1 amide bonds. The molecule has 0 unspecified atom stereocenters. The Morgan fingerprint density at radius 2 is 1.69 bits per heavy atom. The highest BCUT2D eigenvalue weighted by atomic mass is 16.5. The summed E-state index contributed by atoms with van der Waals surface area (Å²) in [5, 5.41) is 11.0. The normalized spacial score (nSPS) is 10.8. The van der Waals surface area contributed by atoms with E-state index >= 15 is 0 Å². The molecule has 2 N–H and O–H groups in total. The lowest BCUT2D eigenvalue weighted by Crippen LogP contribution is -2.23. The third-order valence-corrected chi connectivity index (χ3v) is 5.37. The first-order chi connectivity index (χ1) is 15.6. The molecule has 3 aromatic rings. The minimum absolute atomic E-state index is 0.162. The van der Waals surface area contributed by atoms with Gasteiger partial charge in [0.15, 0.2) is 0 Å². The molecule has 0 atom stereocenters. The van der Waals surface area contributed by atoms with E-state index in [1.54, 1.807) is 6.07 Å². The van der Waals surface area contributed by atoms with Crippen molar-refractivity contribution in [3.8, 4) is 5.75 Å². The number of unbranched alkanes of at least 4 members (excludes halogenated alkanes) is 6. The van der Waals surface area contributed by atoms with Gasteiger partial charge in [-0.2, -0.15) is 0 Å². The Balaban J connectivity index is 1.60. The standard InChI is InChI=1S/C25H32N4O3/c1-3-4-5-6-7-8-9-12-19-15-17-20(18-16-19)32-23(26)29-22-14-11-10-13-21(22)27-24(29)28-25(30)31-2/h10-11,13-18,26H,3-9,12H2,1-2H3,(H,27,28,30). The molecule has 7 nitrogen and oxygen atoms in total. The van der Waals surface area contributed by atoms with Crippen LogP contribution in [0.5, 0.6) is 5.75 Å². The van der Waals surface area contributed by atoms with E-state index in [0.29, 0.717) is 16.8 Å². The first-order valence-corrected chi connectivity index (χ1v) is 11.3. The Morgan fingerprint density at radius 1 is 1.00 bits per heavy atom. The monoisotopic (exact) mass is 436 g/mol. The van der Waals surface area contributed by atoms with Gasteiger partial charge in [-0.3, -0.25) is 10.7 Å². The zero-order valence-corrected chi connectivity index (χ0v) is 18.9. The highest BCUT2D eigenvalue weighted by Crippen LogP contribution is 2.22. The van der Waals surface area contributed by atoms with Crippen LogP contribution in [-0.2, 0) is 11.2 Å². The van der Waals surface area contributed by atoms with E-state index in [2.05, 4.69) is 22.0 Å². The van der Waals surface area contributed by atoms with Crippen molar-refractivity contribution in [1.29, 1.82) is 5.41 Å². The summed E-state index contributed by atoms with van der Waals surface area (Å²) in [5.74, 6) is 0.721. The van der Waals surface area contributed by atoms with Crippen LogP contribution in [0.1, 0.15) is 57.4 Å². The average Bonchev–Trinajstić information content (AvgIpc) is 3.17. The number of nitrogens with one attached hydrogen (secondary N) is 2. The van der Waals surface area contributed by atoms with Gasteiger partial charge in [-0.05, 0) is 42.7 Å². The molecule has 2 aromatic carbocycles. The number of aromatic nitrogens is 2. The molecular formula is C25H32N4O3. The zero-order chi connectivity index (χ0) is 22.8. The lowest BCUT2D eigenvalue weighted by atomic mass is 10.0. The molecule has 0 aliphatic heterocycles. The van der Waals surface area contributed by atoms with Gasteiger partial charge in [0.1, 0.15) is 5.75 Å². The number of ether oxygens (including phenoxy) is 2. The van der Waals surface area contributed by atoms with Crippen LogP contribution in [0.2, 0.25) is 0 Å². The van der Waals surface area contributed by atoms with E-state index < -0.39 is 6.09 Å². The maximum atomic E-state index is 11.7. The van der Waals surface area contributed by atoms with Crippen molar-refractivity contribution in [3.63, 3.8) is 0 Å². The van der Waals surface area contributed by atoms with E-state index in [4.69, 9.17) is 10.1 Å². The maximum absolute atomic E-state index is 11.7. The van der Waals surface area contributed by atoms with Gasteiger partial charge < -0.3 is 9.47 Å². The van der Waals surface area contributed by atoms with E-state index in [9.17, 15) is 4.79 Å². The largest absolute Gasteiger partial charge is 0.453 e. The topological polar surface area (TPSA) is 89.2 Å².